The second kappa shape index (κ2) is 15.5. The molecular formula is C37H45N3O6S2. The van der Waals surface area contributed by atoms with E-state index in [2.05, 4.69) is 37.1 Å². The van der Waals surface area contributed by atoms with Crippen molar-refractivity contribution < 1.29 is 29.3 Å². The highest BCUT2D eigenvalue weighted by Gasteiger charge is 2.53. The number of aliphatic carboxylic acids is 1. The third kappa shape index (κ3) is 7.84. The summed E-state index contributed by atoms with van der Waals surface area (Å²) in [5, 5.41) is 29.3. The number of fused-ring (bicyclic) bond motifs is 1. The molecule has 1 aliphatic carbocycles. The fourth-order valence-corrected chi connectivity index (χ4v) is 8.00. The number of thiocarbonyl (C=S) groups is 1. The Labute approximate surface area is 291 Å². The van der Waals surface area contributed by atoms with Crippen LogP contribution in [0.5, 0.6) is 11.5 Å². The van der Waals surface area contributed by atoms with Crippen LogP contribution in [-0.2, 0) is 27.2 Å². The number of carbonyl (C=O) groups excluding carboxylic acids is 2. The number of β-lactam (4-membered cyclic amide) rings is 1. The van der Waals surface area contributed by atoms with Crippen molar-refractivity contribution in [3.05, 3.63) is 80.7 Å². The van der Waals surface area contributed by atoms with Gasteiger partial charge in [0.2, 0.25) is 5.91 Å². The summed E-state index contributed by atoms with van der Waals surface area (Å²) in [5.41, 5.74) is 4.33. The maximum absolute atomic E-state index is 13.1. The number of unbranched alkanes of at least 4 members (excludes halogenated alkanes) is 2. The van der Waals surface area contributed by atoms with Crippen molar-refractivity contribution in [1.29, 1.82) is 0 Å². The summed E-state index contributed by atoms with van der Waals surface area (Å²) in [4.78, 5) is 40.3. The fraction of sp³-hybridized carbons (Fsp3) is 0.459. The molecule has 4 N–H and O–H groups in total. The number of aryl methyl sites for hydroxylation is 1. The highest BCUT2D eigenvalue weighted by molar-refractivity contribution is 7.80. The van der Waals surface area contributed by atoms with E-state index in [4.69, 9.17) is 17.0 Å². The van der Waals surface area contributed by atoms with Gasteiger partial charge in [0, 0.05) is 22.9 Å². The summed E-state index contributed by atoms with van der Waals surface area (Å²) < 4.78 is 6.27. The van der Waals surface area contributed by atoms with Crippen LogP contribution in [0.3, 0.4) is 0 Å². The zero-order valence-electron chi connectivity index (χ0n) is 27.8. The average molecular weight is 692 g/mol. The van der Waals surface area contributed by atoms with Gasteiger partial charge in [-0.3, -0.25) is 14.5 Å². The number of ether oxygens (including phenoxy) is 1. The van der Waals surface area contributed by atoms with Gasteiger partial charge in [-0.1, -0.05) is 49.6 Å². The summed E-state index contributed by atoms with van der Waals surface area (Å²) in [7, 11) is 0. The van der Waals surface area contributed by atoms with E-state index in [-0.39, 0.29) is 47.3 Å². The summed E-state index contributed by atoms with van der Waals surface area (Å²) in [6.45, 7) is 10.6. The smallest absolute Gasteiger partial charge is 0.352 e. The van der Waals surface area contributed by atoms with Crippen molar-refractivity contribution in [1.82, 2.24) is 15.5 Å². The van der Waals surface area contributed by atoms with Crippen LogP contribution in [0.25, 0.3) is 0 Å². The van der Waals surface area contributed by atoms with Crippen LogP contribution in [0.2, 0.25) is 0 Å². The topological polar surface area (TPSA) is 128 Å². The number of thiophene rings is 1. The minimum absolute atomic E-state index is 0.0396. The molecule has 3 heterocycles. The Hall–Kier alpha value is -3.96. The molecule has 11 heteroatoms. The molecule has 0 saturated carbocycles. The largest absolute Gasteiger partial charge is 0.507 e. The highest BCUT2D eigenvalue weighted by Crippen LogP contribution is 2.47. The first-order valence-electron chi connectivity index (χ1n) is 16.7. The van der Waals surface area contributed by atoms with Crippen molar-refractivity contribution >= 4 is 46.5 Å². The molecule has 1 saturated heterocycles. The average Bonchev–Trinajstić information content (AvgIpc) is 3.55. The molecule has 3 aliphatic rings. The maximum atomic E-state index is 13.1. The van der Waals surface area contributed by atoms with Crippen molar-refractivity contribution in [2.24, 2.45) is 5.92 Å². The predicted octanol–water partition coefficient (Wildman–Crippen LogP) is 6.53. The van der Waals surface area contributed by atoms with Crippen LogP contribution < -0.4 is 15.4 Å². The van der Waals surface area contributed by atoms with Crippen molar-refractivity contribution in [2.75, 3.05) is 6.54 Å². The number of nitrogens with zero attached hydrogens (tertiary/aromatic N) is 1. The normalized spacial score (nSPS) is 21.9. The molecule has 0 unspecified atom stereocenters. The van der Waals surface area contributed by atoms with Crippen molar-refractivity contribution in [2.45, 2.75) is 96.6 Å². The molecule has 0 spiro atoms. The van der Waals surface area contributed by atoms with Gasteiger partial charge < -0.3 is 25.6 Å². The quantitative estimate of drug-likeness (QED) is 0.0809. The number of carbonyl (C=O) groups is 3. The van der Waals surface area contributed by atoms with Gasteiger partial charge in [-0.2, -0.15) is 0 Å². The molecule has 9 nitrogen and oxygen atoms in total. The second-order valence-corrected chi connectivity index (χ2v) is 14.5. The van der Waals surface area contributed by atoms with Gasteiger partial charge >= 0.3 is 5.97 Å². The van der Waals surface area contributed by atoms with E-state index < -0.39 is 24.0 Å². The number of rotatable bonds is 13. The fourth-order valence-electron chi connectivity index (χ4n) is 7.14. The molecular weight excluding hydrogens is 647 g/mol. The van der Waals surface area contributed by atoms with Crippen LogP contribution >= 0.6 is 23.6 Å². The van der Waals surface area contributed by atoms with Gasteiger partial charge in [0.15, 0.2) is 0 Å². The van der Waals surface area contributed by atoms with Crippen LogP contribution in [0.1, 0.15) is 87.6 Å². The summed E-state index contributed by atoms with van der Waals surface area (Å²) in [5.74, 6) is -1.28. The summed E-state index contributed by atoms with van der Waals surface area (Å²) >= 11 is 7.09. The molecule has 256 valence electrons. The van der Waals surface area contributed by atoms with Gasteiger partial charge in [0.25, 0.3) is 11.1 Å². The number of amides is 2. The lowest BCUT2D eigenvalue weighted by atomic mass is 9.73. The van der Waals surface area contributed by atoms with Crippen LogP contribution in [0.15, 0.2) is 64.7 Å². The number of carboxylic acid groups (broad SMARTS) is 1. The number of nitrogens with one attached hydrogen (secondary N) is 2. The third-order valence-corrected chi connectivity index (χ3v) is 10.7. The minimum Gasteiger partial charge on any atom is -0.507 e. The van der Waals surface area contributed by atoms with E-state index in [1.807, 2.05) is 36.6 Å². The van der Waals surface area contributed by atoms with Crippen molar-refractivity contribution in [3.8, 4) is 11.5 Å². The standard InChI is InChI=1S/C37H45N3O6S2/c1-5-6-7-9-23-17-29(41)32(27-16-22(4)11-13-26(27)21(2)3)30(18-23)46-37(47)38-20-24-12-14-28-33(35(43)40(28)34(24)36(44)45)39-31(42)19-25-10-8-15-48-25/h8,10,15-18,26-28,33,41H,2,5-7,9,11-14,19-20H2,1,3-4H3,(H,38,47)(H,39,42)(H,44,45)/t26-,27+,28+,33-/m0/s1. The molecule has 2 aliphatic heterocycles. The van der Waals surface area contributed by atoms with Gasteiger partial charge in [0.05, 0.1) is 12.5 Å². The van der Waals surface area contributed by atoms with Crippen LogP contribution in [-0.4, -0.2) is 56.7 Å². The first-order chi connectivity index (χ1) is 23.0. The molecule has 1 aromatic heterocycles. The molecule has 5 rings (SSSR count). The Morgan fingerprint density at radius 1 is 1.21 bits per heavy atom. The van der Waals surface area contributed by atoms with E-state index >= 15 is 0 Å². The molecule has 0 radical (unpaired) electrons. The van der Waals surface area contributed by atoms with E-state index in [9.17, 15) is 24.6 Å². The summed E-state index contributed by atoms with van der Waals surface area (Å²) in [6, 6.07) is 6.33. The zero-order chi connectivity index (χ0) is 34.5. The number of aromatic hydroxyl groups is 1. The first-order valence-corrected chi connectivity index (χ1v) is 18.0. The molecule has 0 bridgehead atoms. The van der Waals surface area contributed by atoms with E-state index in [0.29, 0.717) is 29.7 Å². The number of phenols is 1. The molecule has 4 atom stereocenters. The third-order valence-electron chi connectivity index (χ3n) is 9.58. The number of hydrogen-bond donors (Lipinski definition) is 4. The lowest BCUT2D eigenvalue weighted by Crippen LogP contribution is -2.71. The SMILES string of the molecule is C=C(C)[C@@H]1CCC(C)=C[C@H]1c1c(O)cc(CCCCC)cc1OC(=S)NCC1=C(C(=O)O)N2C(=O)[C@@H](NC(=O)Cc3cccs3)[C@H]2CC1. The number of allylic oxidation sites excluding steroid dienone is 3. The Bertz CT molecular complexity index is 1650. The Morgan fingerprint density at radius 3 is 2.69 bits per heavy atom. The Kier molecular flexibility index (Phi) is 11.4. The predicted molar refractivity (Wildman–Crippen MR) is 191 cm³/mol. The number of hydrogen-bond acceptors (Lipinski definition) is 7. The molecule has 2 amide bonds. The van der Waals surface area contributed by atoms with E-state index in [0.717, 1.165) is 54.5 Å². The second-order valence-electron chi connectivity index (χ2n) is 13.1. The Morgan fingerprint density at radius 2 is 2.00 bits per heavy atom. The zero-order valence-corrected chi connectivity index (χ0v) is 29.5. The van der Waals surface area contributed by atoms with Gasteiger partial charge in [-0.25, -0.2) is 4.79 Å². The molecule has 1 fully saturated rings. The number of benzene rings is 1. The maximum Gasteiger partial charge on any atom is 0.352 e. The molecule has 2 aromatic rings. The number of phenolic OH excluding ortho intramolecular Hbond substituents is 1. The first kappa shape index (κ1) is 35.3. The molecule has 48 heavy (non-hydrogen) atoms. The monoisotopic (exact) mass is 691 g/mol. The highest BCUT2D eigenvalue weighted by atomic mass is 32.1. The van der Waals surface area contributed by atoms with Crippen LogP contribution in [0.4, 0.5) is 0 Å². The van der Waals surface area contributed by atoms with Gasteiger partial charge in [0.1, 0.15) is 23.2 Å². The van der Waals surface area contributed by atoms with Crippen LogP contribution in [0, 0.1) is 5.92 Å². The number of carboxylic acids is 1. The lowest BCUT2D eigenvalue weighted by Gasteiger charge is -2.50. The lowest BCUT2D eigenvalue weighted by molar-refractivity contribution is -0.156. The molecule has 1 aromatic carbocycles. The van der Waals surface area contributed by atoms with E-state index in [1.54, 1.807) is 0 Å². The Balaban J connectivity index is 1.32. The van der Waals surface area contributed by atoms with Gasteiger partial charge in [-0.15, -0.1) is 11.3 Å². The van der Waals surface area contributed by atoms with Crippen molar-refractivity contribution in [3.63, 3.8) is 0 Å². The minimum atomic E-state index is -1.21. The van der Waals surface area contributed by atoms with Gasteiger partial charge in [-0.05, 0) is 105 Å². The summed E-state index contributed by atoms with van der Waals surface area (Å²) in [6.07, 6.45) is 9.08. The van der Waals surface area contributed by atoms with E-state index in [1.165, 1.54) is 21.8 Å².